The van der Waals surface area contributed by atoms with Crippen molar-refractivity contribution in [1.29, 1.82) is 0 Å². The third-order valence-corrected chi connectivity index (χ3v) is 4.81. The number of nitrogens with one attached hydrogen (secondary N) is 1. The molecule has 0 unspecified atom stereocenters. The molecule has 0 bridgehead atoms. The number of hydrogen-bond acceptors (Lipinski definition) is 2. The third kappa shape index (κ3) is 4.58. The molecule has 1 atom stereocenters. The maximum absolute atomic E-state index is 12.0. The van der Waals surface area contributed by atoms with Crippen LogP contribution in [0.5, 0.6) is 0 Å². The van der Waals surface area contributed by atoms with Gasteiger partial charge in [0.15, 0.2) is 0 Å². The van der Waals surface area contributed by atoms with Crippen molar-refractivity contribution in [2.45, 2.75) is 39.7 Å². The molecule has 5 heteroatoms. The lowest BCUT2D eigenvalue weighted by molar-refractivity contribution is 0.437. The topological polar surface area (TPSA) is 49.4 Å². The van der Waals surface area contributed by atoms with Crippen LogP contribution in [0.4, 0.5) is 0 Å². The van der Waals surface area contributed by atoms with Gasteiger partial charge in [-0.25, -0.2) is 0 Å². The lowest BCUT2D eigenvalue weighted by Gasteiger charge is -2.25. The van der Waals surface area contributed by atoms with Gasteiger partial charge >= 0.3 is 0 Å². The van der Waals surface area contributed by atoms with Crippen molar-refractivity contribution in [3.8, 4) is 0 Å². The van der Waals surface area contributed by atoms with Crippen LogP contribution < -0.4 is 4.72 Å². The second-order valence-electron chi connectivity index (χ2n) is 5.62. The first-order valence-corrected chi connectivity index (χ1v) is 8.50. The first-order chi connectivity index (χ1) is 9.27. The Morgan fingerprint density at radius 2 is 1.70 bits per heavy atom. The molecule has 1 aromatic rings. The molecule has 0 radical (unpaired) electrons. The van der Waals surface area contributed by atoms with E-state index in [0.717, 1.165) is 18.4 Å². The number of benzene rings is 1. The Labute approximate surface area is 123 Å². The number of rotatable bonds is 7. The van der Waals surface area contributed by atoms with Crippen LogP contribution in [0.1, 0.15) is 44.4 Å². The molecule has 0 saturated carbocycles. The molecule has 1 aromatic carbocycles. The largest absolute Gasteiger partial charge is 0.279 e. The first kappa shape index (κ1) is 17.1. The van der Waals surface area contributed by atoms with Crippen LogP contribution in [-0.4, -0.2) is 26.8 Å². The smallest absolute Gasteiger partial charge is 0.195 e. The van der Waals surface area contributed by atoms with Gasteiger partial charge in [0, 0.05) is 14.1 Å². The monoisotopic (exact) mass is 298 g/mol. The van der Waals surface area contributed by atoms with Gasteiger partial charge in [-0.3, -0.25) is 0 Å². The van der Waals surface area contributed by atoms with E-state index < -0.39 is 10.2 Å². The van der Waals surface area contributed by atoms with E-state index in [0.29, 0.717) is 0 Å². The highest BCUT2D eigenvalue weighted by atomic mass is 32.2. The number of hydrogen-bond donors (Lipinski definition) is 1. The molecule has 1 N–H and O–H groups in total. The Kier molecular flexibility index (Phi) is 6.17. The molecular weight excluding hydrogens is 272 g/mol. The molecule has 0 spiro atoms. The molecule has 0 fully saturated rings. The average Bonchev–Trinajstić information content (AvgIpc) is 2.37. The predicted octanol–water partition coefficient (Wildman–Crippen LogP) is 2.73. The summed E-state index contributed by atoms with van der Waals surface area (Å²) in [5, 5.41) is 0. The van der Waals surface area contributed by atoms with Crippen LogP contribution in [0.2, 0.25) is 0 Å². The van der Waals surface area contributed by atoms with E-state index in [9.17, 15) is 8.42 Å². The van der Waals surface area contributed by atoms with Gasteiger partial charge in [-0.1, -0.05) is 51.5 Å². The molecular formula is C15H26N2O2S. The fraction of sp³-hybridized carbons (Fsp3) is 0.600. The molecule has 0 aliphatic heterocycles. The van der Waals surface area contributed by atoms with Gasteiger partial charge < -0.3 is 0 Å². The van der Waals surface area contributed by atoms with Gasteiger partial charge in [-0.2, -0.15) is 17.4 Å². The van der Waals surface area contributed by atoms with Crippen molar-refractivity contribution in [2.75, 3.05) is 14.1 Å². The molecule has 0 aliphatic rings. The second-order valence-corrected chi connectivity index (χ2v) is 7.53. The zero-order valence-electron chi connectivity index (χ0n) is 13.1. The second kappa shape index (κ2) is 7.20. The zero-order chi connectivity index (χ0) is 15.3. The van der Waals surface area contributed by atoms with Gasteiger partial charge in [-0.15, -0.1) is 0 Å². The van der Waals surface area contributed by atoms with Crippen molar-refractivity contribution < 1.29 is 8.42 Å². The van der Waals surface area contributed by atoms with Crippen LogP contribution >= 0.6 is 0 Å². The summed E-state index contributed by atoms with van der Waals surface area (Å²) in [6, 6.07) is 8.00. The molecule has 4 nitrogen and oxygen atoms in total. The molecule has 0 aromatic heterocycles. The normalized spacial score (nSPS) is 13.9. The summed E-state index contributed by atoms with van der Waals surface area (Å²) in [7, 11) is -0.364. The highest BCUT2D eigenvalue weighted by molar-refractivity contribution is 7.87. The van der Waals surface area contributed by atoms with E-state index >= 15 is 0 Å². The van der Waals surface area contributed by atoms with Crippen molar-refractivity contribution >= 4 is 10.2 Å². The fourth-order valence-electron chi connectivity index (χ4n) is 2.04. The molecule has 114 valence electrons. The van der Waals surface area contributed by atoms with E-state index in [2.05, 4.69) is 23.8 Å². The van der Waals surface area contributed by atoms with Crippen LogP contribution in [0, 0.1) is 5.92 Å². The standard InChI is InChI=1S/C15H26N2O2S/c1-6-7-13-8-10-14(11-9-13)15(12(2)3)16-20(18,19)17(4)5/h8-12,15-16H,6-7H2,1-5H3/t15-/m0/s1. The lowest BCUT2D eigenvalue weighted by Crippen LogP contribution is -2.39. The fourth-order valence-corrected chi connectivity index (χ4v) is 2.98. The maximum atomic E-state index is 12.0. The summed E-state index contributed by atoms with van der Waals surface area (Å²) in [4.78, 5) is 0. The Bertz CT molecular complexity index is 507. The van der Waals surface area contributed by atoms with Crippen molar-refractivity contribution in [2.24, 2.45) is 5.92 Å². The minimum Gasteiger partial charge on any atom is -0.195 e. The van der Waals surface area contributed by atoms with E-state index in [1.165, 1.54) is 24.0 Å². The van der Waals surface area contributed by atoms with E-state index in [1.54, 1.807) is 0 Å². The van der Waals surface area contributed by atoms with Crippen LogP contribution in [-0.2, 0) is 16.6 Å². The van der Waals surface area contributed by atoms with Gasteiger partial charge in [0.05, 0.1) is 6.04 Å². The molecule has 0 aliphatic carbocycles. The van der Waals surface area contributed by atoms with Crippen molar-refractivity contribution in [1.82, 2.24) is 9.03 Å². The highest BCUT2D eigenvalue weighted by Crippen LogP contribution is 2.23. The summed E-state index contributed by atoms with van der Waals surface area (Å²) in [6.45, 7) is 6.18. The average molecular weight is 298 g/mol. The Morgan fingerprint density at radius 3 is 2.10 bits per heavy atom. The van der Waals surface area contributed by atoms with Crippen molar-refractivity contribution in [3.05, 3.63) is 35.4 Å². The van der Waals surface area contributed by atoms with Gasteiger partial charge in [0.1, 0.15) is 0 Å². The predicted molar refractivity (Wildman–Crippen MR) is 83.8 cm³/mol. The summed E-state index contributed by atoms with van der Waals surface area (Å²) >= 11 is 0. The minimum absolute atomic E-state index is 0.182. The molecule has 1 rings (SSSR count). The zero-order valence-corrected chi connectivity index (χ0v) is 13.9. The van der Waals surface area contributed by atoms with Crippen LogP contribution in [0.3, 0.4) is 0 Å². The minimum atomic E-state index is -3.43. The number of aryl methyl sites for hydroxylation is 1. The summed E-state index contributed by atoms with van der Waals surface area (Å²) in [6.07, 6.45) is 2.16. The van der Waals surface area contributed by atoms with Crippen LogP contribution in [0.15, 0.2) is 24.3 Å². The lowest BCUT2D eigenvalue weighted by atomic mass is 9.95. The Hall–Kier alpha value is -0.910. The van der Waals surface area contributed by atoms with Crippen molar-refractivity contribution in [3.63, 3.8) is 0 Å². The van der Waals surface area contributed by atoms with Gasteiger partial charge in [0.25, 0.3) is 10.2 Å². The van der Waals surface area contributed by atoms with Crippen LogP contribution in [0.25, 0.3) is 0 Å². The first-order valence-electron chi connectivity index (χ1n) is 7.06. The van der Waals surface area contributed by atoms with Gasteiger partial charge in [0.2, 0.25) is 0 Å². The van der Waals surface area contributed by atoms with E-state index in [4.69, 9.17) is 0 Å². The summed E-state index contributed by atoms with van der Waals surface area (Å²) in [5.41, 5.74) is 2.29. The SMILES string of the molecule is CCCc1ccc([C@@H](NS(=O)(=O)N(C)C)C(C)C)cc1. The highest BCUT2D eigenvalue weighted by Gasteiger charge is 2.23. The van der Waals surface area contributed by atoms with E-state index in [1.807, 2.05) is 26.0 Å². The maximum Gasteiger partial charge on any atom is 0.279 e. The quantitative estimate of drug-likeness (QED) is 0.841. The Morgan fingerprint density at radius 1 is 1.15 bits per heavy atom. The number of nitrogens with zero attached hydrogens (tertiary/aromatic N) is 1. The molecule has 0 heterocycles. The Balaban J connectivity index is 2.97. The third-order valence-electron chi connectivity index (χ3n) is 3.30. The molecule has 0 saturated heterocycles. The molecule has 20 heavy (non-hydrogen) atoms. The molecule has 0 amide bonds. The summed E-state index contributed by atoms with van der Waals surface area (Å²) < 4.78 is 28.0. The van der Waals surface area contributed by atoms with Gasteiger partial charge in [-0.05, 0) is 23.5 Å². The van der Waals surface area contributed by atoms with E-state index in [-0.39, 0.29) is 12.0 Å². The summed E-state index contributed by atoms with van der Waals surface area (Å²) in [5.74, 6) is 0.182.